The Morgan fingerprint density at radius 3 is 2.04 bits per heavy atom. The summed E-state index contributed by atoms with van der Waals surface area (Å²) in [6.45, 7) is 2.27. The topological polar surface area (TPSA) is 42.9 Å². The van der Waals surface area contributed by atoms with Gasteiger partial charge in [-0.15, -0.1) is 11.3 Å². The van der Waals surface area contributed by atoms with Crippen molar-refractivity contribution in [1.29, 1.82) is 0 Å². The smallest absolute Gasteiger partial charge is 0.195 e. The van der Waals surface area contributed by atoms with E-state index in [1.807, 2.05) is 12.1 Å². The number of aryl methyl sites for hydroxylation is 1. The molecule has 3 aromatic rings. The summed E-state index contributed by atoms with van der Waals surface area (Å²) in [5, 5.41) is 0. The van der Waals surface area contributed by atoms with Gasteiger partial charge < -0.3 is 0 Å². The third-order valence-electron chi connectivity index (χ3n) is 5.69. The first-order valence-corrected chi connectivity index (χ1v) is 12.3. The van der Waals surface area contributed by atoms with Crippen molar-refractivity contribution >= 4 is 39.9 Å². The van der Waals surface area contributed by atoms with Gasteiger partial charge in [-0.2, -0.15) is 8.75 Å². The summed E-state index contributed by atoms with van der Waals surface area (Å²) >= 11 is 3.00. The van der Waals surface area contributed by atoms with Crippen molar-refractivity contribution in [1.82, 2.24) is 8.75 Å². The van der Waals surface area contributed by atoms with Crippen LogP contribution < -0.4 is 0 Å². The molecule has 0 amide bonds. The minimum atomic E-state index is 0.158. The molecule has 1 aliphatic carbocycles. The Balaban J connectivity index is 1.26. The molecule has 0 fully saturated rings. The summed E-state index contributed by atoms with van der Waals surface area (Å²) in [7, 11) is 0. The minimum Gasteiger partial charge on any atom is -0.289 e. The van der Waals surface area contributed by atoms with E-state index in [9.17, 15) is 4.79 Å². The van der Waals surface area contributed by atoms with Gasteiger partial charge in [0.15, 0.2) is 5.78 Å². The highest BCUT2D eigenvalue weighted by molar-refractivity contribution is 7.16. The van der Waals surface area contributed by atoms with Gasteiger partial charge >= 0.3 is 0 Å². The Bertz CT molecular complexity index is 957. The molecule has 2 heterocycles. The number of fused-ring (bicyclic) bond motifs is 4. The lowest BCUT2D eigenvalue weighted by atomic mass is 10.1. The highest BCUT2D eigenvalue weighted by Gasteiger charge is 2.30. The normalized spacial score (nSPS) is 12.7. The summed E-state index contributed by atoms with van der Waals surface area (Å²) in [5.74, 6) is 0.158. The van der Waals surface area contributed by atoms with Crippen LogP contribution in [0.5, 0.6) is 0 Å². The number of unbranched alkanes of at least 4 members (excludes halogenated alkanes) is 9. The van der Waals surface area contributed by atoms with E-state index in [2.05, 4.69) is 21.7 Å². The molecule has 0 N–H and O–H groups in total. The van der Waals surface area contributed by atoms with Crippen LogP contribution in [0.2, 0.25) is 0 Å². The Kier molecular flexibility index (Phi) is 6.53. The fraction of sp³-hybridized carbons (Fsp3) is 0.522. The molecule has 0 atom stereocenters. The summed E-state index contributed by atoms with van der Waals surface area (Å²) in [5.41, 5.74) is 4.47. The maximum absolute atomic E-state index is 12.8. The van der Waals surface area contributed by atoms with Gasteiger partial charge in [0, 0.05) is 26.4 Å². The molecule has 28 heavy (non-hydrogen) atoms. The van der Waals surface area contributed by atoms with Crippen LogP contribution in [0.25, 0.3) is 21.5 Å². The van der Waals surface area contributed by atoms with E-state index < -0.39 is 0 Å². The maximum atomic E-state index is 12.8. The first-order chi connectivity index (χ1) is 13.8. The Morgan fingerprint density at radius 1 is 0.750 bits per heavy atom. The van der Waals surface area contributed by atoms with Crippen molar-refractivity contribution in [2.75, 3.05) is 0 Å². The summed E-state index contributed by atoms with van der Waals surface area (Å²) in [4.78, 5) is 15.3. The number of carbonyl (C=O) groups is 1. The second-order valence-electron chi connectivity index (χ2n) is 7.87. The molecule has 3 nitrogen and oxygen atoms in total. The van der Waals surface area contributed by atoms with E-state index in [4.69, 9.17) is 0 Å². The number of ketones is 1. The fourth-order valence-electron chi connectivity index (χ4n) is 4.07. The number of carbonyl (C=O) groups excluding carboxylic acids is 1. The molecule has 0 bridgehead atoms. The van der Waals surface area contributed by atoms with Gasteiger partial charge in [-0.1, -0.05) is 64.7 Å². The van der Waals surface area contributed by atoms with Crippen LogP contribution in [0.4, 0.5) is 0 Å². The van der Waals surface area contributed by atoms with Crippen LogP contribution in [0.3, 0.4) is 0 Å². The predicted octanol–water partition coefficient (Wildman–Crippen LogP) is 7.43. The average molecular weight is 413 g/mol. The van der Waals surface area contributed by atoms with Crippen LogP contribution in [-0.4, -0.2) is 14.5 Å². The van der Waals surface area contributed by atoms with Gasteiger partial charge in [0.2, 0.25) is 0 Å². The minimum absolute atomic E-state index is 0.158. The quantitative estimate of drug-likeness (QED) is 0.241. The molecule has 148 valence electrons. The van der Waals surface area contributed by atoms with Crippen molar-refractivity contribution in [3.8, 4) is 10.4 Å². The van der Waals surface area contributed by atoms with Crippen LogP contribution in [0, 0.1) is 0 Å². The second-order valence-corrected chi connectivity index (χ2v) is 9.53. The van der Waals surface area contributed by atoms with Crippen LogP contribution in [0.15, 0.2) is 18.2 Å². The van der Waals surface area contributed by atoms with Gasteiger partial charge in [-0.3, -0.25) is 4.79 Å². The zero-order valence-electron chi connectivity index (χ0n) is 16.6. The lowest BCUT2D eigenvalue weighted by Gasteiger charge is -2.02. The monoisotopic (exact) mass is 412 g/mol. The van der Waals surface area contributed by atoms with Crippen molar-refractivity contribution < 1.29 is 4.79 Å². The van der Waals surface area contributed by atoms with E-state index in [-0.39, 0.29) is 5.78 Å². The summed E-state index contributed by atoms with van der Waals surface area (Å²) in [6, 6.07) is 6.08. The standard InChI is InChI=1S/C23H28N2OS2/c1-2-3-4-5-6-7-8-9-10-11-12-16-13-19-22(26)17-14-20-21(25-28-24-20)15-18(17)23(19)27-16/h13-15H,2-12H2,1H3. The van der Waals surface area contributed by atoms with Gasteiger partial charge in [0.25, 0.3) is 0 Å². The molecule has 0 spiro atoms. The van der Waals surface area contributed by atoms with Crippen molar-refractivity contribution in [3.63, 3.8) is 0 Å². The van der Waals surface area contributed by atoms with Crippen molar-refractivity contribution in [2.45, 2.75) is 77.6 Å². The van der Waals surface area contributed by atoms with Crippen molar-refractivity contribution in [2.24, 2.45) is 0 Å². The number of hydrogen-bond acceptors (Lipinski definition) is 5. The molecule has 2 aromatic heterocycles. The van der Waals surface area contributed by atoms with E-state index in [0.717, 1.165) is 39.0 Å². The van der Waals surface area contributed by atoms with Gasteiger partial charge in [-0.05, 0) is 31.0 Å². The predicted molar refractivity (Wildman–Crippen MR) is 120 cm³/mol. The number of benzene rings is 1. The zero-order chi connectivity index (χ0) is 19.3. The molecule has 0 saturated heterocycles. The Labute approximate surface area is 175 Å². The average Bonchev–Trinajstić information content (AvgIpc) is 3.39. The molecule has 1 aromatic carbocycles. The molecular weight excluding hydrogens is 384 g/mol. The SMILES string of the molecule is CCCCCCCCCCCCc1cc2c(s1)-c1cc3nsnc3cc1C2=O. The molecule has 0 radical (unpaired) electrons. The molecular formula is C23H28N2OS2. The highest BCUT2D eigenvalue weighted by atomic mass is 32.1. The van der Waals surface area contributed by atoms with E-state index in [1.54, 1.807) is 11.3 Å². The van der Waals surface area contributed by atoms with E-state index in [0.29, 0.717) is 0 Å². The largest absolute Gasteiger partial charge is 0.289 e. The van der Waals surface area contributed by atoms with Crippen LogP contribution >= 0.6 is 23.1 Å². The lowest BCUT2D eigenvalue weighted by molar-refractivity contribution is 0.104. The third-order valence-corrected chi connectivity index (χ3v) is 7.47. The van der Waals surface area contributed by atoms with Crippen LogP contribution in [0.1, 0.15) is 91.9 Å². The number of aromatic nitrogens is 2. The third kappa shape index (κ3) is 4.20. The summed E-state index contributed by atoms with van der Waals surface area (Å²) < 4.78 is 8.60. The van der Waals surface area contributed by atoms with E-state index in [1.165, 1.54) is 80.8 Å². The Hall–Kier alpha value is -1.59. The molecule has 0 saturated carbocycles. The van der Waals surface area contributed by atoms with Crippen LogP contribution in [-0.2, 0) is 6.42 Å². The van der Waals surface area contributed by atoms with Gasteiger partial charge in [0.05, 0.1) is 11.7 Å². The number of rotatable bonds is 11. The first-order valence-electron chi connectivity index (χ1n) is 10.7. The lowest BCUT2D eigenvalue weighted by Crippen LogP contribution is -1.94. The fourth-order valence-corrected chi connectivity index (χ4v) is 5.81. The maximum Gasteiger partial charge on any atom is 0.195 e. The highest BCUT2D eigenvalue weighted by Crippen LogP contribution is 2.44. The molecule has 0 unspecified atom stereocenters. The van der Waals surface area contributed by atoms with Gasteiger partial charge in [-0.25, -0.2) is 0 Å². The van der Waals surface area contributed by atoms with E-state index >= 15 is 0 Å². The first kappa shape index (κ1) is 19.7. The zero-order valence-corrected chi connectivity index (χ0v) is 18.3. The number of hydrogen-bond donors (Lipinski definition) is 0. The van der Waals surface area contributed by atoms with Gasteiger partial charge in [0.1, 0.15) is 11.0 Å². The molecule has 4 rings (SSSR count). The molecule has 5 heteroatoms. The Morgan fingerprint density at radius 2 is 1.36 bits per heavy atom. The summed E-state index contributed by atoms with van der Waals surface area (Å²) in [6.07, 6.45) is 14.7. The number of thiophene rings is 1. The number of nitrogens with zero attached hydrogens (tertiary/aromatic N) is 2. The van der Waals surface area contributed by atoms with Crippen molar-refractivity contribution in [3.05, 3.63) is 34.2 Å². The molecule has 0 aliphatic heterocycles. The second kappa shape index (κ2) is 9.27. The molecule has 1 aliphatic rings.